The second-order valence-electron chi connectivity index (χ2n) is 4.84. The van der Waals surface area contributed by atoms with Crippen LogP contribution in [0.3, 0.4) is 0 Å². The summed E-state index contributed by atoms with van der Waals surface area (Å²) in [5.74, 6) is 0.227. The van der Waals surface area contributed by atoms with Crippen molar-refractivity contribution >= 4 is 18.3 Å². The molecule has 0 rings (SSSR count). The third-order valence-corrected chi connectivity index (χ3v) is 2.60. The Morgan fingerprint density at radius 2 is 1.80 bits per heavy atom. The largest absolute Gasteiger partial charge is 0.356 e. The maximum absolute atomic E-state index is 11.6. The normalized spacial score (nSPS) is 12.9. The Morgan fingerprint density at radius 1 is 1.27 bits per heavy atom. The van der Waals surface area contributed by atoms with Gasteiger partial charge in [-0.25, -0.2) is 0 Å². The van der Waals surface area contributed by atoms with Crippen LogP contribution in [0.2, 0.25) is 0 Å². The van der Waals surface area contributed by atoms with E-state index in [9.17, 15) is 4.79 Å². The van der Waals surface area contributed by atoms with Gasteiger partial charge >= 0.3 is 0 Å². The molecule has 0 fully saturated rings. The van der Waals surface area contributed by atoms with Gasteiger partial charge in [0.05, 0.1) is 0 Å². The fourth-order valence-corrected chi connectivity index (χ4v) is 1.02. The molecule has 1 amide bonds. The van der Waals surface area contributed by atoms with Crippen LogP contribution >= 0.6 is 12.4 Å². The van der Waals surface area contributed by atoms with E-state index in [-0.39, 0.29) is 29.6 Å². The first-order valence-corrected chi connectivity index (χ1v) is 5.32. The number of amides is 1. The highest BCUT2D eigenvalue weighted by Gasteiger charge is 2.26. The SMILES string of the molecule is CNCCCNC(=O)C(C)C(C)(C)C.Cl. The molecular weight excluding hydrogens is 212 g/mol. The van der Waals surface area contributed by atoms with Crippen LogP contribution in [0.5, 0.6) is 0 Å². The number of carbonyl (C=O) groups is 1. The molecule has 0 aromatic rings. The van der Waals surface area contributed by atoms with Gasteiger partial charge in [0.2, 0.25) is 5.91 Å². The molecule has 0 aliphatic carbocycles. The van der Waals surface area contributed by atoms with E-state index >= 15 is 0 Å². The predicted octanol–water partition coefficient (Wildman–Crippen LogP) is 1.82. The second kappa shape index (κ2) is 7.94. The molecule has 0 saturated heterocycles. The Balaban J connectivity index is 0. The average Bonchev–Trinajstić information content (AvgIpc) is 2.09. The summed E-state index contributed by atoms with van der Waals surface area (Å²) >= 11 is 0. The molecule has 0 aliphatic rings. The predicted molar refractivity (Wildman–Crippen MR) is 67.4 cm³/mol. The lowest BCUT2D eigenvalue weighted by Gasteiger charge is -2.26. The van der Waals surface area contributed by atoms with Gasteiger partial charge in [0, 0.05) is 12.5 Å². The molecule has 0 heterocycles. The summed E-state index contributed by atoms with van der Waals surface area (Å²) in [5, 5.41) is 5.99. The van der Waals surface area contributed by atoms with Crippen molar-refractivity contribution in [3.63, 3.8) is 0 Å². The third-order valence-electron chi connectivity index (χ3n) is 2.60. The fourth-order valence-electron chi connectivity index (χ4n) is 1.02. The van der Waals surface area contributed by atoms with E-state index in [4.69, 9.17) is 0 Å². The Labute approximate surface area is 99.8 Å². The number of halogens is 1. The molecule has 0 aliphatic heterocycles. The van der Waals surface area contributed by atoms with Gasteiger partial charge < -0.3 is 10.6 Å². The Kier molecular flexibility index (Phi) is 9.07. The van der Waals surface area contributed by atoms with Crippen LogP contribution in [0.1, 0.15) is 34.1 Å². The van der Waals surface area contributed by atoms with Crippen LogP contribution < -0.4 is 10.6 Å². The summed E-state index contributed by atoms with van der Waals surface area (Å²) in [6, 6.07) is 0. The number of hydrogen-bond acceptors (Lipinski definition) is 2. The maximum atomic E-state index is 11.6. The van der Waals surface area contributed by atoms with Crippen molar-refractivity contribution < 1.29 is 4.79 Å². The fraction of sp³-hybridized carbons (Fsp3) is 0.909. The van der Waals surface area contributed by atoms with E-state index in [1.165, 1.54) is 0 Å². The standard InChI is InChI=1S/C11H24N2O.ClH/c1-9(11(2,3)4)10(14)13-8-6-7-12-5;/h9,12H,6-8H2,1-5H3,(H,13,14);1H. The van der Waals surface area contributed by atoms with Crippen LogP contribution in [0.25, 0.3) is 0 Å². The zero-order chi connectivity index (χ0) is 11.2. The lowest BCUT2D eigenvalue weighted by molar-refractivity contribution is -0.127. The molecule has 92 valence electrons. The van der Waals surface area contributed by atoms with Gasteiger partial charge in [0.15, 0.2) is 0 Å². The molecule has 4 heteroatoms. The minimum absolute atomic E-state index is 0. The molecule has 0 aromatic carbocycles. The van der Waals surface area contributed by atoms with E-state index in [1.54, 1.807) is 0 Å². The average molecular weight is 237 g/mol. The van der Waals surface area contributed by atoms with E-state index in [0.29, 0.717) is 0 Å². The first kappa shape index (κ1) is 17.1. The van der Waals surface area contributed by atoms with Crippen LogP contribution in [0.15, 0.2) is 0 Å². The van der Waals surface area contributed by atoms with E-state index in [2.05, 4.69) is 31.4 Å². The molecule has 1 unspecified atom stereocenters. The first-order valence-electron chi connectivity index (χ1n) is 5.32. The van der Waals surface area contributed by atoms with Crippen molar-refractivity contribution in [1.82, 2.24) is 10.6 Å². The van der Waals surface area contributed by atoms with Crippen LogP contribution in [0, 0.1) is 11.3 Å². The summed E-state index contributed by atoms with van der Waals surface area (Å²) in [4.78, 5) is 11.6. The van der Waals surface area contributed by atoms with Gasteiger partial charge in [-0.15, -0.1) is 12.4 Å². The summed E-state index contributed by atoms with van der Waals surface area (Å²) in [6.45, 7) is 9.96. The minimum atomic E-state index is 0. The first-order chi connectivity index (χ1) is 6.39. The summed E-state index contributed by atoms with van der Waals surface area (Å²) in [7, 11) is 1.92. The van der Waals surface area contributed by atoms with E-state index < -0.39 is 0 Å². The molecule has 2 N–H and O–H groups in total. The van der Waals surface area contributed by atoms with Crippen molar-refractivity contribution in [3.05, 3.63) is 0 Å². The van der Waals surface area contributed by atoms with Crippen LogP contribution in [-0.4, -0.2) is 26.0 Å². The van der Waals surface area contributed by atoms with Gasteiger partial charge in [-0.1, -0.05) is 27.7 Å². The summed E-state index contributed by atoms with van der Waals surface area (Å²) in [5.41, 5.74) is 0.0487. The maximum Gasteiger partial charge on any atom is 0.223 e. The Morgan fingerprint density at radius 3 is 2.20 bits per heavy atom. The van der Waals surface area contributed by atoms with Gasteiger partial charge in [-0.3, -0.25) is 4.79 Å². The Bertz CT molecular complexity index is 178. The van der Waals surface area contributed by atoms with Crippen LogP contribution in [0.4, 0.5) is 0 Å². The molecule has 0 spiro atoms. The van der Waals surface area contributed by atoms with E-state index in [0.717, 1.165) is 19.5 Å². The third kappa shape index (κ3) is 7.63. The minimum Gasteiger partial charge on any atom is -0.356 e. The van der Waals surface area contributed by atoms with Crippen molar-refractivity contribution in [2.75, 3.05) is 20.1 Å². The number of carbonyl (C=O) groups excluding carboxylic acids is 1. The smallest absolute Gasteiger partial charge is 0.223 e. The quantitative estimate of drug-likeness (QED) is 0.715. The zero-order valence-electron chi connectivity index (χ0n) is 10.5. The van der Waals surface area contributed by atoms with Gasteiger partial charge in [0.25, 0.3) is 0 Å². The topological polar surface area (TPSA) is 41.1 Å². The van der Waals surface area contributed by atoms with Crippen molar-refractivity contribution in [1.29, 1.82) is 0 Å². The number of rotatable bonds is 5. The molecular formula is C11H25ClN2O. The molecule has 1 atom stereocenters. The monoisotopic (exact) mass is 236 g/mol. The Hall–Kier alpha value is -0.280. The summed E-state index contributed by atoms with van der Waals surface area (Å²) < 4.78 is 0. The van der Waals surface area contributed by atoms with Gasteiger partial charge in [-0.05, 0) is 25.4 Å². The number of nitrogens with one attached hydrogen (secondary N) is 2. The van der Waals surface area contributed by atoms with Crippen molar-refractivity contribution in [3.8, 4) is 0 Å². The molecule has 3 nitrogen and oxygen atoms in total. The highest BCUT2D eigenvalue weighted by atomic mass is 35.5. The molecule has 0 bridgehead atoms. The highest BCUT2D eigenvalue weighted by molar-refractivity contribution is 5.85. The van der Waals surface area contributed by atoms with E-state index in [1.807, 2.05) is 14.0 Å². The summed E-state index contributed by atoms with van der Waals surface area (Å²) in [6.07, 6.45) is 0.985. The van der Waals surface area contributed by atoms with Crippen LogP contribution in [-0.2, 0) is 4.79 Å². The van der Waals surface area contributed by atoms with Crippen molar-refractivity contribution in [2.24, 2.45) is 11.3 Å². The molecule has 0 radical (unpaired) electrons. The molecule has 0 saturated carbocycles. The number of hydrogen-bond donors (Lipinski definition) is 2. The van der Waals surface area contributed by atoms with Gasteiger partial charge in [-0.2, -0.15) is 0 Å². The molecule has 0 aromatic heterocycles. The highest BCUT2D eigenvalue weighted by Crippen LogP contribution is 2.24. The molecule has 15 heavy (non-hydrogen) atoms. The second-order valence-corrected chi connectivity index (χ2v) is 4.84. The van der Waals surface area contributed by atoms with Gasteiger partial charge in [0.1, 0.15) is 0 Å². The van der Waals surface area contributed by atoms with Crippen molar-refractivity contribution in [2.45, 2.75) is 34.1 Å². The lowest BCUT2D eigenvalue weighted by Crippen LogP contribution is -2.37. The zero-order valence-corrected chi connectivity index (χ0v) is 11.3. The lowest BCUT2D eigenvalue weighted by atomic mass is 9.81.